The van der Waals surface area contributed by atoms with Crippen LogP contribution in [0, 0.1) is 0 Å². The van der Waals surface area contributed by atoms with Gasteiger partial charge in [0.15, 0.2) is 0 Å². The second kappa shape index (κ2) is 4.27. The number of rotatable bonds is 2. The normalized spacial score (nSPS) is 10.3. The quantitative estimate of drug-likeness (QED) is 0.751. The van der Waals surface area contributed by atoms with Crippen molar-refractivity contribution in [1.29, 1.82) is 0 Å². The van der Waals surface area contributed by atoms with E-state index in [0.717, 1.165) is 23.2 Å². The lowest BCUT2D eigenvalue weighted by Crippen LogP contribution is -1.93. The second-order valence-corrected chi connectivity index (χ2v) is 3.90. The molecule has 0 aromatic heterocycles. The van der Waals surface area contributed by atoms with Crippen molar-refractivity contribution in [3.8, 4) is 11.1 Å². The lowest BCUT2D eigenvalue weighted by atomic mass is 10.0. The van der Waals surface area contributed by atoms with Gasteiger partial charge in [0.2, 0.25) is 0 Å². The Bertz CT molecular complexity index is 487. The van der Waals surface area contributed by atoms with Gasteiger partial charge < -0.3 is 11.5 Å². The molecule has 2 aromatic carbocycles. The van der Waals surface area contributed by atoms with E-state index >= 15 is 0 Å². The van der Waals surface area contributed by atoms with Crippen LogP contribution in [0.3, 0.4) is 0 Å². The van der Waals surface area contributed by atoms with Gasteiger partial charge in [-0.15, -0.1) is 0 Å². The van der Waals surface area contributed by atoms with Crippen LogP contribution in [-0.2, 0) is 6.42 Å². The van der Waals surface area contributed by atoms with E-state index in [1.807, 2.05) is 12.1 Å². The third-order valence-electron chi connectivity index (χ3n) is 2.75. The summed E-state index contributed by atoms with van der Waals surface area (Å²) in [6.07, 6.45) is 1.05. The maximum Gasteiger partial charge on any atom is 0.0414 e. The predicted molar refractivity (Wildman–Crippen MR) is 70.1 cm³/mol. The van der Waals surface area contributed by atoms with E-state index in [1.165, 1.54) is 5.56 Å². The molecule has 16 heavy (non-hydrogen) atoms. The molecule has 0 radical (unpaired) electrons. The molecule has 2 nitrogen and oxygen atoms in total. The van der Waals surface area contributed by atoms with Crippen molar-refractivity contribution in [3.05, 3.63) is 48.0 Å². The van der Waals surface area contributed by atoms with Gasteiger partial charge in [-0.3, -0.25) is 0 Å². The highest BCUT2D eigenvalue weighted by Crippen LogP contribution is 2.27. The third kappa shape index (κ3) is 2.01. The van der Waals surface area contributed by atoms with E-state index in [1.54, 1.807) is 6.07 Å². The lowest BCUT2D eigenvalue weighted by molar-refractivity contribution is 1.14. The van der Waals surface area contributed by atoms with Crippen LogP contribution in [0.4, 0.5) is 11.4 Å². The van der Waals surface area contributed by atoms with Crippen molar-refractivity contribution >= 4 is 11.4 Å². The van der Waals surface area contributed by atoms with Crippen molar-refractivity contribution in [2.45, 2.75) is 13.3 Å². The second-order valence-electron chi connectivity index (χ2n) is 3.90. The number of hydrogen-bond donors (Lipinski definition) is 2. The van der Waals surface area contributed by atoms with Crippen LogP contribution < -0.4 is 11.5 Å². The number of benzene rings is 2. The number of anilines is 2. The van der Waals surface area contributed by atoms with Crippen LogP contribution in [0.2, 0.25) is 0 Å². The van der Waals surface area contributed by atoms with Gasteiger partial charge in [-0.05, 0) is 29.7 Å². The largest absolute Gasteiger partial charge is 0.399 e. The Morgan fingerprint density at radius 1 is 0.938 bits per heavy atom. The highest BCUT2D eigenvalue weighted by atomic mass is 14.6. The Balaban J connectivity index is 2.42. The van der Waals surface area contributed by atoms with Gasteiger partial charge in [0.1, 0.15) is 0 Å². The minimum absolute atomic E-state index is 0.700. The van der Waals surface area contributed by atoms with Gasteiger partial charge in [-0.25, -0.2) is 0 Å². The number of hydrogen-bond acceptors (Lipinski definition) is 2. The zero-order valence-corrected chi connectivity index (χ0v) is 9.40. The van der Waals surface area contributed by atoms with E-state index < -0.39 is 0 Å². The van der Waals surface area contributed by atoms with Crippen LogP contribution >= 0.6 is 0 Å². The van der Waals surface area contributed by atoms with E-state index in [9.17, 15) is 0 Å². The summed E-state index contributed by atoms with van der Waals surface area (Å²) in [5.41, 5.74) is 16.5. The number of nitrogens with two attached hydrogens (primary N) is 2. The first-order valence-corrected chi connectivity index (χ1v) is 5.45. The molecule has 0 aliphatic rings. The van der Waals surface area contributed by atoms with Gasteiger partial charge in [0.05, 0.1) is 0 Å². The van der Waals surface area contributed by atoms with Gasteiger partial charge in [0, 0.05) is 16.9 Å². The highest BCUT2D eigenvalue weighted by Gasteiger charge is 2.02. The molecule has 0 spiro atoms. The summed E-state index contributed by atoms with van der Waals surface area (Å²) in [5, 5.41) is 0. The molecule has 0 bridgehead atoms. The van der Waals surface area contributed by atoms with Crippen LogP contribution in [0.25, 0.3) is 11.1 Å². The molecule has 0 unspecified atom stereocenters. The molecule has 82 valence electrons. The fourth-order valence-corrected chi connectivity index (χ4v) is 1.76. The minimum Gasteiger partial charge on any atom is -0.399 e. The SMILES string of the molecule is CCc1ccc(-c2ccc(N)cc2N)cc1. The van der Waals surface area contributed by atoms with Crippen LogP contribution in [-0.4, -0.2) is 0 Å². The number of nitrogen functional groups attached to an aromatic ring is 2. The Morgan fingerprint density at radius 3 is 2.19 bits per heavy atom. The molecule has 0 atom stereocenters. The summed E-state index contributed by atoms with van der Waals surface area (Å²) in [5.74, 6) is 0. The first-order valence-electron chi connectivity index (χ1n) is 5.45. The van der Waals surface area contributed by atoms with Crippen molar-refractivity contribution in [2.24, 2.45) is 0 Å². The molecular weight excluding hydrogens is 196 g/mol. The maximum absolute atomic E-state index is 5.94. The summed E-state index contributed by atoms with van der Waals surface area (Å²) in [6, 6.07) is 14.1. The molecule has 2 rings (SSSR count). The molecular formula is C14H16N2. The van der Waals surface area contributed by atoms with Crippen LogP contribution in [0.5, 0.6) is 0 Å². The summed E-state index contributed by atoms with van der Waals surface area (Å²) >= 11 is 0. The predicted octanol–water partition coefficient (Wildman–Crippen LogP) is 3.08. The average molecular weight is 212 g/mol. The zero-order chi connectivity index (χ0) is 11.5. The van der Waals surface area contributed by atoms with Crippen LogP contribution in [0.15, 0.2) is 42.5 Å². The standard InChI is InChI=1S/C14H16N2/c1-2-10-3-5-11(6-4-10)13-8-7-12(15)9-14(13)16/h3-9H,2,15-16H2,1H3. The van der Waals surface area contributed by atoms with Crippen molar-refractivity contribution < 1.29 is 0 Å². The van der Waals surface area contributed by atoms with E-state index in [4.69, 9.17) is 11.5 Å². The average Bonchev–Trinajstić information content (AvgIpc) is 2.29. The van der Waals surface area contributed by atoms with Gasteiger partial charge in [0.25, 0.3) is 0 Å². The van der Waals surface area contributed by atoms with E-state index in [2.05, 4.69) is 31.2 Å². The minimum atomic E-state index is 0.700. The molecule has 0 aliphatic carbocycles. The summed E-state index contributed by atoms with van der Waals surface area (Å²) in [6.45, 7) is 2.15. The zero-order valence-electron chi connectivity index (χ0n) is 9.40. The molecule has 0 fully saturated rings. The molecule has 0 heterocycles. The molecule has 0 saturated heterocycles. The van der Waals surface area contributed by atoms with Crippen molar-refractivity contribution in [1.82, 2.24) is 0 Å². The Kier molecular flexibility index (Phi) is 2.82. The molecule has 4 N–H and O–H groups in total. The van der Waals surface area contributed by atoms with Crippen molar-refractivity contribution in [2.75, 3.05) is 11.5 Å². The third-order valence-corrected chi connectivity index (χ3v) is 2.75. The highest BCUT2D eigenvalue weighted by molar-refractivity contribution is 5.78. The fourth-order valence-electron chi connectivity index (χ4n) is 1.76. The molecule has 0 aliphatic heterocycles. The fraction of sp³-hybridized carbons (Fsp3) is 0.143. The number of aryl methyl sites for hydroxylation is 1. The van der Waals surface area contributed by atoms with Gasteiger partial charge in [-0.1, -0.05) is 37.3 Å². The Hall–Kier alpha value is -1.96. The van der Waals surface area contributed by atoms with Crippen LogP contribution in [0.1, 0.15) is 12.5 Å². The summed E-state index contributed by atoms with van der Waals surface area (Å²) in [7, 11) is 0. The van der Waals surface area contributed by atoms with Gasteiger partial charge >= 0.3 is 0 Å². The summed E-state index contributed by atoms with van der Waals surface area (Å²) in [4.78, 5) is 0. The van der Waals surface area contributed by atoms with Crippen molar-refractivity contribution in [3.63, 3.8) is 0 Å². The molecule has 0 saturated carbocycles. The topological polar surface area (TPSA) is 52.0 Å². The van der Waals surface area contributed by atoms with Gasteiger partial charge in [-0.2, -0.15) is 0 Å². The monoisotopic (exact) mass is 212 g/mol. The first-order chi connectivity index (χ1) is 7.70. The molecule has 2 heteroatoms. The Morgan fingerprint density at radius 2 is 1.62 bits per heavy atom. The van der Waals surface area contributed by atoms with E-state index in [-0.39, 0.29) is 0 Å². The maximum atomic E-state index is 5.94. The Labute approximate surface area is 95.9 Å². The molecule has 0 amide bonds. The smallest absolute Gasteiger partial charge is 0.0414 e. The molecule has 2 aromatic rings. The first kappa shape index (κ1) is 10.6. The summed E-state index contributed by atoms with van der Waals surface area (Å²) < 4.78 is 0. The van der Waals surface area contributed by atoms with E-state index in [0.29, 0.717) is 5.69 Å². The lowest BCUT2D eigenvalue weighted by Gasteiger charge is -2.07.